The lowest BCUT2D eigenvalue weighted by molar-refractivity contribution is -0.123. The average Bonchev–Trinajstić information content (AvgIpc) is 2.43. The van der Waals surface area contributed by atoms with Gasteiger partial charge in [-0.15, -0.1) is 0 Å². The van der Waals surface area contributed by atoms with Gasteiger partial charge in [0.15, 0.2) is 0 Å². The second-order valence-corrected chi connectivity index (χ2v) is 6.92. The van der Waals surface area contributed by atoms with Crippen molar-refractivity contribution in [2.75, 3.05) is 0 Å². The molecule has 0 aromatic heterocycles. The van der Waals surface area contributed by atoms with Gasteiger partial charge in [-0.25, -0.2) is 0 Å². The highest BCUT2D eigenvalue weighted by Crippen LogP contribution is 2.34. The fourth-order valence-electron chi connectivity index (χ4n) is 3.37. The molecular weight excluding hydrogens is 244 g/mol. The summed E-state index contributed by atoms with van der Waals surface area (Å²) >= 11 is 0. The molecule has 1 fully saturated rings. The van der Waals surface area contributed by atoms with Crippen LogP contribution in [0.5, 0.6) is 0 Å². The van der Waals surface area contributed by atoms with E-state index in [0.717, 1.165) is 24.7 Å². The molecule has 110 valence electrons. The monoisotopic (exact) mass is 272 g/mol. The maximum Gasteiger partial charge on any atom is 0.140 e. The molecule has 0 bridgehead atoms. The molecule has 0 saturated heterocycles. The summed E-state index contributed by atoms with van der Waals surface area (Å²) in [5, 5.41) is 0. The zero-order valence-electron chi connectivity index (χ0n) is 13.4. The fraction of sp³-hybridized carbons (Fsp3) is 0.632. The van der Waals surface area contributed by atoms with E-state index in [1.165, 1.54) is 29.5 Å². The summed E-state index contributed by atoms with van der Waals surface area (Å²) in [4.78, 5) is 12.4. The Hall–Kier alpha value is -1.11. The van der Waals surface area contributed by atoms with Crippen molar-refractivity contribution in [3.8, 4) is 0 Å². The molecule has 0 amide bonds. The van der Waals surface area contributed by atoms with Gasteiger partial charge in [0.05, 0.1) is 0 Å². The van der Waals surface area contributed by atoms with Crippen LogP contribution in [0.15, 0.2) is 18.2 Å². The first-order valence-electron chi connectivity index (χ1n) is 8.06. The smallest absolute Gasteiger partial charge is 0.140 e. The third-order valence-electron chi connectivity index (χ3n) is 5.12. The van der Waals surface area contributed by atoms with E-state index in [4.69, 9.17) is 0 Å². The van der Waals surface area contributed by atoms with Crippen LogP contribution in [0.3, 0.4) is 0 Å². The van der Waals surface area contributed by atoms with Crippen molar-refractivity contribution in [2.24, 2.45) is 17.8 Å². The standard InChI is InChI=1S/C19H28O/c1-13(2)17-7-9-18(10-8-17)19(20)12-16-6-5-14(3)15(4)11-16/h5-6,11,13,17-18H,7-10,12H2,1-4H3. The van der Waals surface area contributed by atoms with Gasteiger partial charge in [0.1, 0.15) is 5.78 Å². The molecule has 0 spiro atoms. The van der Waals surface area contributed by atoms with E-state index in [-0.39, 0.29) is 0 Å². The number of hydrogen-bond donors (Lipinski definition) is 0. The van der Waals surface area contributed by atoms with Gasteiger partial charge in [-0.3, -0.25) is 4.79 Å². The molecule has 0 atom stereocenters. The highest BCUT2D eigenvalue weighted by molar-refractivity contribution is 5.83. The SMILES string of the molecule is Cc1ccc(CC(=O)C2CCC(C(C)C)CC2)cc1C. The first-order chi connectivity index (χ1) is 9.47. The minimum absolute atomic E-state index is 0.312. The van der Waals surface area contributed by atoms with E-state index in [1.807, 2.05) is 0 Å². The molecule has 0 radical (unpaired) electrons. The Kier molecular flexibility index (Phi) is 5.01. The van der Waals surface area contributed by atoms with E-state index in [2.05, 4.69) is 45.9 Å². The summed E-state index contributed by atoms with van der Waals surface area (Å²) in [6.07, 6.45) is 5.30. The van der Waals surface area contributed by atoms with Gasteiger partial charge >= 0.3 is 0 Å². The first kappa shape index (κ1) is 15.3. The lowest BCUT2D eigenvalue weighted by atomic mass is 9.75. The molecule has 0 aliphatic heterocycles. The molecule has 1 heteroatoms. The van der Waals surface area contributed by atoms with Crippen LogP contribution in [0.25, 0.3) is 0 Å². The minimum atomic E-state index is 0.312. The van der Waals surface area contributed by atoms with Crippen LogP contribution in [0.1, 0.15) is 56.2 Å². The van der Waals surface area contributed by atoms with Crippen LogP contribution in [-0.2, 0) is 11.2 Å². The number of ketones is 1. The predicted octanol–water partition coefficient (Wildman–Crippen LogP) is 4.88. The van der Waals surface area contributed by atoms with Crippen LogP contribution in [0.2, 0.25) is 0 Å². The van der Waals surface area contributed by atoms with Crippen molar-refractivity contribution in [1.29, 1.82) is 0 Å². The topological polar surface area (TPSA) is 17.1 Å². The van der Waals surface area contributed by atoms with Gasteiger partial charge in [-0.05, 0) is 68.1 Å². The third kappa shape index (κ3) is 3.71. The van der Waals surface area contributed by atoms with E-state index >= 15 is 0 Å². The molecule has 1 saturated carbocycles. The quantitative estimate of drug-likeness (QED) is 0.763. The van der Waals surface area contributed by atoms with Crippen molar-refractivity contribution in [2.45, 2.75) is 59.8 Å². The molecule has 0 unspecified atom stereocenters. The maximum atomic E-state index is 12.4. The van der Waals surface area contributed by atoms with Crippen molar-refractivity contribution in [3.05, 3.63) is 34.9 Å². The average molecular weight is 272 g/mol. The Bertz CT molecular complexity index is 465. The molecule has 1 aliphatic rings. The molecule has 1 nitrogen and oxygen atoms in total. The number of carbonyl (C=O) groups is 1. The van der Waals surface area contributed by atoms with Crippen LogP contribution in [-0.4, -0.2) is 5.78 Å². The Balaban J connectivity index is 1.91. The van der Waals surface area contributed by atoms with Gasteiger partial charge in [-0.2, -0.15) is 0 Å². The second kappa shape index (κ2) is 6.56. The van der Waals surface area contributed by atoms with Crippen LogP contribution < -0.4 is 0 Å². The second-order valence-electron chi connectivity index (χ2n) is 6.92. The summed E-state index contributed by atoms with van der Waals surface area (Å²) in [5.41, 5.74) is 3.78. The Morgan fingerprint density at radius 3 is 2.30 bits per heavy atom. The summed E-state index contributed by atoms with van der Waals surface area (Å²) < 4.78 is 0. The van der Waals surface area contributed by atoms with Crippen molar-refractivity contribution >= 4 is 5.78 Å². The van der Waals surface area contributed by atoms with Crippen molar-refractivity contribution in [3.63, 3.8) is 0 Å². The molecule has 0 N–H and O–H groups in total. The molecule has 20 heavy (non-hydrogen) atoms. The van der Waals surface area contributed by atoms with Gasteiger partial charge in [-0.1, -0.05) is 32.0 Å². The number of carbonyl (C=O) groups excluding carboxylic acids is 1. The Morgan fingerprint density at radius 1 is 1.10 bits per heavy atom. The van der Waals surface area contributed by atoms with Gasteiger partial charge in [0.25, 0.3) is 0 Å². The summed E-state index contributed by atoms with van der Waals surface area (Å²) in [7, 11) is 0. The maximum absolute atomic E-state index is 12.4. The molecule has 1 aromatic rings. The lowest BCUT2D eigenvalue weighted by Gasteiger charge is -2.30. The fourth-order valence-corrected chi connectivity index (χ4v) is 3.37. The molecule has 0 heterocycles. The lowest BCUT2D eigenvalue weighted by Crippen LogP contribution is -2.25. The number of Topliss-reactive ketones (excluding diaryl/α,β-unsaturated/α-hetero) is 1. The van der Waals surface area contributed by atoms with Crippen molar-refractivity contribution < 1.29 is 4.79 Å². The summed E-state index contributed by atoms with van der Waals surface area (Å²) in [6.45, 7) is 8.86. The summed E-state index contributed by atoms with van der Waals surface area (Å²) in [6, 6.07) is 6.42. The molecule has 2 rings (SSSR count). The Labute approximate surface area is 123 Å². The molecule has 1 aliphatic carbocycles. The van der Waals surface area contributed by atoms with E-state index < -0.39 is 0 Å². The number of benzene rings is 1. The minimum Gasteiger partial charge on any atom is -0.299 e. The highest BCUT2D eigenvalue weighted by Gasteiger charge is 2.27. The zero-order chi connectivity index (χ0) is 14.7. The predicted molar refractivity (Wildman–Crippen MR) is 84.9 cm³/mol. The van der Waals surface area contributed by atoms with Gasteiger partial charge in [0, 0.05) is 12.3 Å². The van der Waals surface area contributed by atoms with Crippen LogP contribution >= 0.6 is 0 Å². The number of aryl methyl sites for hydroxylation is 2. The van der Waals surface area contributed by atoms with Gasteiger partial charge < -0.3 is 0 Å². The van der Waals surface area contributed by atoms with E-state index in [0.29, 0.717) is 18.1 Å². The van der Waals surface area contributed by atoms with E-state index in [1.54, 1.807) is 0 Å². The van der Waals surface area contributed by atoms with Crippen molar-refractivity contribution in [1.82, 2.24) is 0 Å². The zero-order valence-corrected chi connectivity index (χ0v) is 13.4. The van der Waals surface area contributed by atoms with Crippen LogP contribution in [0.4, 0.5) is 0 Å². The molecular formula is C19H28O. The van der Waals surface area contributed by atoms with E-state index in [9.17, 15) is 4.79 Å². The normalized spacial score (nSPS) is 23.1. The number of rotatable bonds is 4. The van der Waals surface area contributed by atoms with Gasteiger partial charge in [0.2, 0.25) is 0 Å². The third-order valence-corrected chi connectivity index (χ3v) is 5.12. The first-order valence-corrected chi connectivity index (χ1v) is 8.06. The van der Waals surface area contributed by atoms with Crippen LogP contribution in [0, 0.1) is 31.6 Å². The number of hydrogen-bond acceptors (Lipinski definition) is 1. The summed E-state index contributed by atoms with van der Waals surface area (Å²) in [5.74, 6) is 2.37. The highest BCUT2D eigenvalue weighted by atomic mass is 16.1. The molecule has 1 aromatic carbocycles. The largest absolute Gasteiger partial charge is 0.299 e. The Morgan fingerprint density at radius 2 is 1.75 bits per heavy atom.